The van der Waals surface area contributed by atoms with E-state index in [0.717, 1.165) is 11.1 Å². The van der Waals surface area contributed by atoms with Crippen LogP contribution >= 0.6 is 22.6 Å². The molecule has 0 amide bonds. The Morgan fingerprint density at radius 3 is 2.62 bits per heavy atom. The van der Waals surface area contributed by atoms with Crippen LogP contribution in [0.2, 0.25) is 0 Å². The van der Waals surface area contributed by atoms with Gasteiger partial charge in [-0.3, -0.25) is 4.79 Å². The highest BCUT2D eigenvalue weighted by Gasteiger charge is 2.17. The number of hydrogen-bond donors (Lipinski definition) is 0. The second kappa shape index (κ2) is 7.40. The van der Waals surface area contributed by atoms with E-state index in [0.29, 0.717) is 12.4 Å². The maximum atomic E-state index is 12.8. The molecule has 2 aromatic rings. The van der Waals surface area contributed by atoms with Gasteiger partial charge in [-0.15, -0.1) is 0 Å². The molecule has 1 atom stereocenters. The topological polar surface area (TPSA) is 35.5 Å². The Hall–Kier alpha value is -1.63. The van der Waals surface area contributed by atoms with Crippen molar-refractivity contribution in [1.82, 2.24) is 0 Å². The molecule has 21 heavy (non-hydrogen) atoms. The van der Waals surface area contributed by atoms with Crippen LogP contribution in [0.15, 0.2) is 48.5 Å². The minimum Gasteiger partial charge on any atom is -0.489 e. The van der Waals surface area contributed by atoms with Gasteiger partial charge in [0.2, 0.25) is 0 Å². The Bertz CT molecular complexity index is 613. The molecule has 0 aliphatic heterocycles. The van der Waals surface area contributed by atoms with Crippen molar-refractivity contribution in [2.75, 3.05) is 7.11 Å². The van der Waals surface area contributed by atoms with Crippen LogP contribution in [0.4, 0.5) is 4.39 Å². The van der Waals surface area contributed by atoms with E-state index in [-0.39, 0.29) is 15.7 Å². The Morgan fingerprint density at radius 1 is 1.24 bits per heavy atom. The number of rotatable bonds is 5. The van der Waals surface area contributed by atoms with E-state index in [4.69, 9.17) is 9.47 Å². The normalized spacial score (nSPS) is 11.8. The van der Waals surface area contributed by atoms with E-state index in [1.54, 1.807) is 18.2 Å². The Labute approximate surface area is 136 Å². The molecular formula is C16H14FIO3. The van der Waals surface area contributed by atoms with Gasteiger partial charge in [-0.2, -0.15) is 0 Å². The van der Waals surface area contributed by atoms with Gasteiger partial charge in [0.25, 0.3) is 0 Å². The lowest BCUT2D eigenvalue weighted by atomic mass is 10.1. The van der Waals surface area contributed by atoms with Crippen LogP contribution in [-0.2, 0) is 16.1 Å². The third kappa shape index (κ3) is 4.42. The van der Waals surface area contributed by atoms with Gasteiger partial charge in [0.15, 0.2) is 0 Å². The van der Waals surface area contributed by atoms with Gasteiger partial charge in [0, 0.05) is 0 Å². The molecule has 110 valence electrons. The zero-order chi connectivity index (χ0) is 15.2. The van der Waals surface area contributed by atoms with Crippen LogP contribution in [0.5, 0.6) is 5.75 Å². The molecule has 0 saturated heterocycles. The second-order valence-electron chi connectivity index (χ2n) is 4.37. The first-order valence-electron chi connectivity index (χ1n) is 6.29. The summed E-state index contributed by atoms with van der Waals surface area (Å²) >= 11 is 2.02. The van der Waals surface area contributed by atoms with Gasteiger partial charge in [0.1, 0.15) is 22.1 Å². The lowest BCUT2D eigenvalue weighted by Gasteiger charge is -2.11. The molecule has 0 aliphatic rings. The molecule has 0 aromatic heterocycles. The molecule has 0 spiro atoms. The SMILES string of the molecule is COC(=O)C(I)c1cccc(OCc2ccc(F)cc2)c1. The van der Waals surface area contributed by atoms with Crippen LogP contribution in [-0.4, -0.2) is 13.1 Å². The maximum absolute atomic E-state index is 12.8. The van der Waals surface area contributed by atoms with Gasteiger partial charge in [0.05, 0.1) is 7.11 Å². The van der Waals surface area contributed by atoms with Crippen molar-refractivity contribution in [2.24, 2.45) is 0 Å². The van der Waals surface area contributed by atoms with E-state index in [1.807, 2.05) is 40.8 Å². The first-order valence-corrected chi connectivity index (χ1v) is 7.54. The highest BCUT2D eigenvalue weighted by atomic mass is 127. The highest BCUT2D eigenvalue weighted by Crippen LogP contribution is 2.27. The zero-order valence-corrected chi connectivity index (χ0v) is 13.5. The Balaban J connectivity index is 2.04. The quantitative estimate of drug-likeness (QED) is 0.432. The number of carbonyl (C=O) groups excluding carboxylic acids is 1. The Kier molecular flexibility index (Phi) is 5.55. The molecule has 0 fully saturated rings. The molecule has 0 aliphatic carbocycles. The molecular weight excluding hydrogens is 386 g/mol. The van der Waals surface area contributed by atoms with Gasteiger partial charge in [-0.1, -0.05) is 46.9 Å². The molecule has 3 nitrogen and oxygen atoms in total. The number of alkyl halides is 1. The molecule has 0 heterocycles. The lowest BCUT2D eigenvalue weighted by Crippen LogP contribution is -2.08. The van der Waals surface area contributed by atoms with Gasteiger partial charge >= 0.3 is 5.97 Å². The number of esters is 1. The second-order valence-corrected chi connectivity index (χ2v) is 5.62. The fourth-order valence-electron chi connectivity index (χ4n) is 1.75. The summed E-state index contributed by atoms with van der Waals surface area (Å²) in [5.41, 5.74) is 1.69. The van der Waals surface area contributed by atoms with Crippen LogP contribution < -0.4 is 4.74 Å². The van der Waals surface area contributed by atoms with E-state index < -0.39 is 0 Å². The van der Waals surface area contributed by atoms with E-state index in [1.165, 1.54) is 19.2 Å². The summed E-state index contributed by atoms with van der Waals surface area (Å²) in [7, 11) is 1.36. The maximum Gasteiger partial charge on any atom is 0.323 e. The molecule has 0 bridgehead atoms. The summed E-state index contributed by atoms with van der Waals surface area (Å²) in [5.74, 6) is 0.0836. The number of methoxy groups -OCH3 is 1. The van der Waals surface area contributed by atoms with E-state index in [9.17, 15) is 9.18 Å². The number of hydrogen-bond acceptors (Lipinski definition) is 3. The van der Waals surface area contributed by atoms with Gasteiger partial charge in [-0.05, 0) is 35.4 Å². The molecule has 2 aromatic carbocycles. The fraction of sp³-hybridized carbons (Fsp3) is 0.188. The summed E-state index contributed by atoms with van der Waals surface area (Å²) in [6.07, 6.45) is 0. The largest absolute Gasteiger partial charge is 0.489 e. The predicted octanol–water partition coefficient (Wildman–Crippen LogP) is 4.05. The fourth-order valence-corrected chi connectivity index (χ4v) is 2.39. The standard InChI is InChI=1S/C16H14FIO3/c1-20-16(19)15(18)12-3-2-4-14(9-12)21-10-11-5-7-13(17)8-6-11/h2-9,15H,10H2,1H3. The molecule has 0 saturated carbocycles. The number of ether oxygens (including phenoxy) is 2. The zero-order valence-electron chi connectivity index (χ0n) is 11.4. The lowest BCUT2D eigenvalue weighted by molar-refractivity contribution is -0.139. The van der Waals surface area contributed by atoms with Crippen molar-refractivity contribution in [1.29, 1.82) is 0 Å². The van der Waals surface area contributed by atoms with Crippen molar-refractivity contribution in [3.63, 3.8) is 0 Å². The van der Waals surface area contributed by atoms with Crippen LogP contribution in [0.3, 0.4) is 0 Å². The molecule has 0 radical (unpaired) electrons. The summed E-state index contributed by atoms with van der Waals surface area (Å²) in [5, 5.41) is 0. The Morgan fingerprint density at radius 2 is 1.95 bits per heavy atom. The van der Waals surface area contributed by atoms with Crippen molar-refractivity contribution >= 4 is 28.6 Å². The number of benzene rings is 2. The first kappa shape index (κ1) is 15.8. The highest BCUT2D eigenvalue weighted by molar-refractivity contribution is 14.1. The van der Waals surface area contributed by atoms with Crippen LogP contribution in [0, 0.1) is 5.82 Å². The average Bonchev–Trinajstić information content (AvgIpc) is 2.53. The molecule has 0 N–H and O–H groups in total. The van der Waals surface area contributed by atoms with Crippen LogP contribution in [0.25, 0.3) is 0 Å². The minimum absolute atomic E-state index is 0.272. The number of carbonyl (C=O) groups is 1. The molecule has 2 rings (SSSR count). The smallest absolute Gasteiger partial charge is 0.323 e. The van der Waals surface area contributed by atoms with Crippen molar-refractivity contribution < 1.29 is 18.7 Å². The van der Waals surface area contributed by atoms with E-state index in [2.05, 4.69) is 0 Å². The summed E-state index contributed by atoms with van der Waals surface area (Å²) in [6.45, 7) is 0.341. The van der Waals surface area contributed by atoms with Crippen LogP contribution in [0.1, 0.15) is 15.1 Å². The summed E-state index contributed by atoms with van der Waals surface area (Å²) < 4.78 is 22.8. The van der Waals surface area contributed by atoms with Gasteiger partial charge < -0.3 is 9.47 Å². The first-order chi connectivity index (χ1) is 10.1. The van der Waals surface area contributed by atoms with E-state index >= 15 is 0 Å². The monoisotopic (exact) mass is 400 g/mol. The number of halogens is 2. The minimum atomic E-state index is -0.373. The average molecular weight is 400 g/mol. The molecule has 5 heteroatoms. The van der Waals surface area contributed by atoms with Crippen molar-refractivity contribution in [3.05, 3.63) is 65.5 Å². The van der Waals surface area contributed by atoms with Crippen molar-refractivity contribution in [2.45, 2.75) is 10.5 Å². The molecule has 1 unspecified atom stereocenters. The third-order valence-corrected chi connectivity index (χ3v) is 4.11. The van der Waals surface area contributed by atoms with Crippen molar-refractivity contribution in [3.8, 4) is 5.75 Å². The third-order valence-electron chi connectivity index (χ3n) is 2.88. The summed E-state index contributed by atoms with van der Waals surface area (Å²) in [4.78, 5) is 11.5. The van der Waals surface area contributed by atoms with Gasteiger partial charge in [-0.25, -0.2) is 4.39 Å². The predicted molar refractivity (Wildman–Crippen MR) is 86.0 cm³/mol. The summed E-state index contributed by atoms with van der Waals surface area (Å²) in [6, 6.07) is 13.4.